The number of allylic oxidation sites excluding steroid dienone is 1. The quantitative estimate of drug-likeness (QED) is 0.110. The molecular formula is C47H51N11O2. The zero-order valence-corrected chi connectivity index (χ0v) is 34.4. The van der Waals surface area contributed by atoms with E-state index in [1.807, 2.05) is 12.4 Å². The first-order valence-electron chi connectivity index (χ1n) is 21.4. The van der Waals surface area contributed by atoms with Crippen LogP contribution in [0.25, 0.3) is 28.0 Å². The molecule has 3 aromatic heterocycles. The molecule has 13 heteroatoms. The van der Waals surface area contributed by atoms with Crippen molar-refractivity contribution in [3.63, 3.8) is 0 Å². The smallest absolute Gasteiger partial charge is 0.246 e. The van der Waals surface area contributed by atoms with E-state index in [-0.39, 0.29) is 47.8 Å². The number of aromatic nitrogens is 6. The number of aromatic amines is 1. The van der Waals surface area contributed by atoms with Crippen molar-refractivity contribution in [1.29, 1.82) is 0 Å². The maximum absolute atomic E-state index is 14.1. The Kier molecular flexibility index (Phi) is 9.76. The van der Waals surface area contributed by atoms with Crippen LogP contribution in [-0.4, -0.2) is 87.4 Å². The third kappa shape index (κ3) is 7.24. The highest BCUT2D eigenvalue weighted by molar-refractivity contribution is 6.04. The monoisotopic (exact) mass is 801 g/mol. The standard InChI is InChI=1S/C47H51N11O2/c1-26(2)41(55-46-48-15-5-16-49-46)44(59)57-37-20-32(37)22-39(57)35-19-34(24-52-35)30-9-7-28(8-10-30)29-11-13-31(14-12-29)36-25-53-43(54-36)40-23-33-21-38(33)58(40)45(60)42(27(3)4)56-47-50-17-6-18-51-47/h5-18,24-27,32-33,37-42H,19-23H2,1-4H3,(H,53,54)(H,48,49,55)(H,50,51,56)/t32-,33-,37-,38-,39+,40+,41?,42+/m1/s1. The third-order valence-corrected chi connectivity index (χ3v) is 13.1. The lowest BCUT2D eigenvalue weighted by Crippen LogP contribution is -2.51. The number of hydrogen-bond donors (Lipinski definition) is 3. The number of nitrogens with one attached hydrogen (secondary N) is 3. The summed E-state index contributed by atoms with van der Waals surface area (Å²) in [5.74, 6) is 3.15. The number of imidazole rings is 1. The summed E-state index contributed by atoms with van der Waals surface area (Å²) in [6, 6.07) is 20.4. The molecule has 0 bridgehead atoms. The summed E-state index contributed by atoms with van der Waals surface area (Å²) < 4.78 is 0. The molecule has 13 nitrogen and oxygen atoms in total. The number of carbonyl (C=O) groups excluding carboxylic acids is 2. The average Bonchev–Trinajstić information content (AvgIpc) is 3.85. The number of anilines is 2. The second-order valence-corrected chi connectivity index (χ2v) is 17.8. The second-order valence-electron chi connectivity index (χ2n) is 17.8. The predicted molar refractivity (Wildman–Crippen MR) is 231 cm³/mol. The van der Waals surface area contributed by atoms with Gasteiger partial charge in [0.2, 0.25) is 23.7 Å². The van der Waals surface area contributed by atoms with Crippen molar-refractivity contribution in [1.82, 2.24) is 39.7 Å². The molecule has 306 valence electrons. The van der Waals surface area contributed by atoms with Crippen molar-refractivity contribution < 1.29 is 9.59 Å². The SMILES string of the molecule is CC(C)C(Nc1ncccn1)C(=O)N1[C@@H]2C[C@@H]2C[C@H]1C1=NC=C(c2ccc(-c3ccc(-c4cnc([C@@H]5C[C@H]6C[C@H]6N5C(=O)[C@@H](Nc5ncccn5)C(C)C)[nH]4)cc3)cc2)C1. The van der Waals surface area contributed by atoms with Gasteiger partial charge in [0.1, 0.15) is 17.9 Å². The van der Waals surface area contributed by atoms with E-state index in [4.69, 9.17) is 9.98 Å². The number of aliphatic imine (C=N–C) groups is 1. The number of benzene rings is 2. The molecule has 10 rings (SSSR count). The third-order valence-electron chi connectivity index (χ3n) is 13.1. The van der Waals surface area contributed by atoms with Crippen molar-refractivity contribution in [2.24, 2.45) is 28.7 Å². The lowest BCUT2D eigenvalue weighted by Gasteiger charge is -2.33. The van der Waals surface area contributed by atoms with E-state index in [2.05, 4.69) is 122 Å². The summed E-state index contributed by atoms with van der Waals surface area (Å²) in [6.45, 7) is 8.24. The molecule has 0 spiro atoms. The van der Waals surface area contributed by atoms with Gasteiger partial charge in [-0.05, 0) is 89.3 Å². The van der Waals surface area contributed by atoms with Crippen LogP contribution in [0.2, 0.25) is 0 Å². The Balaban J connectivity index is 0.779. The van der Waals surface area contributed by atoms with Crippen LogP contribution < -0.4 is 10.6 Å². The van der Waals surface area contributed by atoms with E-state index >= 15 is 0 Å². The zero-order valence-electron chi connectivity index (χ0n) is 34.4. The minimum atomic E-state index is -0.431. The Bertz CT molecular complexity index is 2430. The van der Waals surface area contributed by atoms with E-state index in [9.17, 15) is 9.59 Å². The molecule has 5 aliphatic rings. The molecule has 2 aliphatic carbocycles. The van der Waals surface area contributed by atoms with Crippen LogP contribution in [0.1, 0.15) is 77.2 Å². The largest absolute Gasteiger partial charge is 0.342 e. The predicted octanol–water partition coefficient (Wildman–Crippen LogP) is 7.43. The molecule has 1 unspecified atom stereocenters. The summed E-state index contributed by atoms with van der Waals surface area (Å²) in [4.78, 5) is 63.0. The van der Waals surface area contributed by atoms with Gasteiger partial charge in [0.25, 0.3) is 0 Å². The van der Waals surface area contributed by atoms with E-state index in [1.54, 1.807) is 36.9 Å². The number of amides is 2. The van der Waals surface area contributed by atoms with E-state index in [0.29, 0.717) is 23.7 Å². The van der Waals surface area contributed by atoms with Crippen molar-refractivity contribution in [2.45, 2.75) is 96.1 Å². The Labute approximate surface area is 350 Å². The van der Waals surface area contributed by atoms with Crippen LogP contribution in [0.3, 0.4) is 0 Å². The van der Waals surface area contributed by atoms with E-state index in [1.165, 1.54) is 5.57 Å². The fourth-order valence-corrected chi connectivity index (χ4v) is 9.66. The number of hydrogen-bond acceptors (Lipinski definition) is 10. The highest BCUT2D eigenvalue weighted by Crippen LogP contribution is 2.54. The van der Waals surface area contributed by atoms with Crippen LogP contribution in [0.15, 0.2) is 103 Å². The molecule has 2 aromatic carbocycles. The summed E-state index contributed by atoms with van der Waals surface area (Å²) in [6.07, 6.45) is 15.4. The number of fused-ring (bicyclic) bond motifs is 2. The molecule has 4 fully saturated rings. The van der Waals surface area contributed by atoms with Gasteiger partial charge in [0.05, 0.1) is 24.0 Å². The lowest BCUT2D eigenvalue weighted by atomic mass is 9.95. The zero-order chi connectivity index (χ0) is 41.1. The van der Waals surface area contributed by atoms with Crippen LogP contribution in [0, 0.1) is 23.7 Å². The summed E-state index contributed by atoms with van der Waals surface area (Å²) in [5.41, 5.74) is 7.62. The van der Waals surface area contributed by atoms with Crippen LogP contribution in [0.4, 0.5) is 11.9 Å². The molecule has 60 heavy (non-hydrogen) atoms. The first kappa shape index (κ1) is 38.0. The molecule has 2 amide bonds. The van der Waals surface area contributed by atoms with Gasteiger partial charge in [-0.2, -0.15) is 0 Å². The van der Waals surface area contributed by atoms with Crippen molar-refractivity contribution in [3.8, 4) is 22.4 Å². The van der Waals surface area contributed by atoms with E-state index in [0.717, 1.165) is 71.6 Å². The van der Waals surface area contributed by atoms with Gasteiger partial charge in [0, 0.05) is 55.2 Å². The fraction of sp³-hybridized carbons (Fsp3) is 0.404. The topological polar surface area (TPSA) is 157 Å². The molecule has 3 N–H and O–H groups in total. The maximum atomic E-state index is 14.1. The fourth-order valence-electron chi connectivity index (χ4n) is 9.66. The Morgan fingerprint density at radius 2 is 1.12 bits per heavy atom. The highest BCUT2D eigenvalue weighted by atomic mass is 16.2. The van der Waals surface area contributed by atoms with Crippen molar-refractivity contribution >= 4 is 35.0 Å². The van der Waals surface area contributed by atoms with Crippen LogP contribution in [-0.2, 0) is 9.59 Å². The molecule has 3 aliphatic heterocycles. The number of rotatable bonds is 13. The van der Waals surface area contributed by atoms with Crippen molar-refractivity contribution in [2.75, 3.05) is 10.6 Å². The van der Waals surface area contributed by atoms with Crippen LogP contribution >= 0.6 is 0 Å². The normalized spacial score (nSPS) is 24.8. The Morgan fingerprint density at radius 3 is 1.65 bits per heavy atom. The first-order chi connectivity index (χ1) is 29.2. The second kappa shape index (κ2) is 15.4. The number of carbonyl (C=O) groups is 2. The van der Waals surface area contributed by atoms with Gasteiger partial charge >= 0.3 is 0 Å². The minimum Gasteiger partial charge on any atom is -0.342 e. The number of likely N-dealkylation sites (tertiary alicyclic amines) is 2. The summed E-state index contributed by atoms with van der Waals surface area (Å²) in [7, 11) is 0. The average molecular weight is 802 g/mol. The van der Waals surface area contributed by atoms with Gasteiger partial charge in [-0.3, -0.25) is 14.6 Å². The number of H-pyrrole nitrogens is 1. The molecule has 2 saturated heterocycles. The lowest BCUT2D eigenvalue weighted by molar-refractivity contribution is -0.135. The minimum absolute atomic E-state index is 0.0127. The number of piperidine rings is 2. The van der Waals surface area contributed by atoms with Gasteiger partial charge in [-0.25, -0.2) is 24.9 Å². The molecular weight excluding hydrogens is 751 g/mol. The molecule has 0 radical (unpaired) electrons. The van der Waals surface area contributed by atoms with Gasteiger partial charge in [-0.15, -0.1) is 0 Å². The van der Waals surface area contributed by atoms with Crippen molar-refractivity contribution in [3.05, 3.63) is 109 Å². The van der Waals surface area contributed by atoms with Crippen LogP contribution in [0.5, 0.6) is 0 Å². The highest BCUT2D eigenvalue weighted by Gasteiger charge is 2.57. The maximum Gasteiger partial charge on any atom is 0.246 e. The molecule has 6 heterocycles. The number of nitrogens with zero attached hydrogens (tertiary/aromatic N) is 8. The van der Waals surface area contributed by atoms with Gasteiger partial charge < -0.3 is 25.4 Å². The summed E-state index contributed by atoms with van der Waals surface area (Å²) >= 11 is 0. The molecule has 8 atom stereocenters. The van der Waals surface area contributed by atoms with E-state index < -0.39 is 12.1 Å². The van der Waals surface area contributed by atoms with Gasteiger partial charge in [0.15, 0.2) is 0 Å². The first-order valence-corrected chi connectivity index (χ1v) is 21.4. The van der Waals surface area contributed by atoms with Gasteiger partial charge in [-0.1, -0.05) is 76.2 Å². The Hall–Kier alpha value is -6.24. The molecule has 2 saturated carbocycles. The Morgan fingerprint density at radius 1 is 0.633 bits per heavy atom. The summed E-state index contributed by atoms with van der Waals surface area (Å²) in [5, 5.41) is 6.61. The molecule has 5 aromatic rings.